The van der Waals surface area contributed by atoms with E-state index in [1.54, 1.807) is 0 Å². The van der Waals surface area contributed by atoms with Crippen molar-refractivity contribution in [1.82, 2.24) is 5.32 Å². The number of anilines is 1. The van der Waals surface area contributed by atoms with Crippen LogP contribution < -0.4 is 10.2 Å². The zero-order valence-corrected chi connectivity index (χ0v) is 16.3. The van der Waals surface area contributed by atoms with Crippen LogP contribution in [0.15, 0.2) is 54.6 Å². The van der Waals surface area contributed by atoms with Crippen molar-refractivity contribution in [3.05, 3.63) is 65.7 Å². The van der Waals surface area contributed by atoms with Gasteiger partial charge in [-0.15, -0.1) is 0 Å². The van der Waals surface area contributed by atoms with Crippen molar-refractivity contribution in [3.63, 3.8) is 0 Å². The largest absolute Gasteiger partial charge is 0.353 e. The lowest BCUT2D eigenvalue weighted by Gasteiger charge is -2.29. The summed E-state index contributed by atoms with van der Waals surface area (Å²) in [6, 6.07) is 18.8. The number of rotatable bonds is 5. The summed E-state index contributed by atoms with van der Waals surface area (Å²) in [7, 11) is 0. The lowest BCUT2D eigenvalue weighted by Crippen LogP contribution is -2.38. The zero-order valence-electron chi connectivity index (χ0n) is 16.3. The Morgan fingerprint density at radius 3 is 2.50 bits per heavy atom. The molecular weight excluding hydrogens is 348 g/mol. The van der Waals surface area contributed by atoms with Crippen molar-refractivity contribution in [2.24, 2.45) is 0 Å². The van der Waals surface area contributed by atoms with Crippen LogP contribution in [0.1, 0.15) is 55.6 Å². The van der Waals surface area contributed by atoms with Gasteiger partial charge in [-0.2, -0.15) is 0 Å². The molecule has 2 fully saturated rings. The molecule has 2 aromatic rings. The highest BCUT2D eigenvalue weighted by atomic mass is 16.2. The van der Waals surface area contributed by atoms with Crippen LogP contribution in [0.25, 0.3) is 0 Å². The smallest absolute Gasteiger partial charge is 0.227 e. The maximum absolute atomic E-state index is 12.5. The van der Waals surface area contributed by atoms with Gasteiger partial charge in [0.15, 0.2) is 0 Å². The number of amides is 2. The van der Waals surface area contributed by atoms with Crippen LogP contribution in [0.3, 0.4) is 0 Å². The fraction of sp³-hybridized carbons (Fsp3) is 0.417. The first-order chi connectivity index (χ1) is 13.7. The van der Waals surface area contributed by atoms with Gasteiger partial charge >= 0.3 is 0 Å². The lowest BCUT2D eigenvalue weighted by atomic mass is 9.82. The summed E-state index contributed by atoms with van der Waals surface area (Å²) in [5.74, 6) is 0.869. The zero-order chi connectivity index (χ0) is 19.3. The Morgan fingerprint density at radius 2 is 1.79 bits per heavy atom. The molecule has 146 valence electrons. The predicted octanol–water partition coefficient (Wildman–Crippen LogP) is 4.20. The highest BCUT2D eigenvalue weighted by Crippen LogP contribution is 2.32. The first kappa shape index (κ1) is 18.7. The molecule has 1 saturated heterocycles. The Kier molecular flexibility index (Phi) is 5.75. The molecule has 2 amide bonds. The number of carbonyl (C=O) groups is 2. The molecular formula is C24H28N2O2. The van der Waals surface area contributed by atoms with Crippen LogP contribution >= 0.6 is 0 Å². The maximum atomic E-state index is 12.5. The Labute approximate surface area is 166 Å². The first-order valence-electron chi connectivity index (χ1n) is 10.4. The molecule has 4 rings (SSSR count). The molecule has 1 saturated carbocycles. The van der Waals surface area contributed by atoms with Crippen LogP contribution in [0.4, 0.5) is 5.69 Å². The van der Waals surface area contributed by atoms with E-state index < -0.39 is 0 Å². The van der Waals surface area contributed by atoms with Gasteiger partial charge < -0.3 is 10.2 Å². The van der Waals surface area contributed by atoms with E-state index in [1.165, 1.54) is 5.56 Å². The van der Waals surface area contributed by atoms with Crippen molar-refractivity contribution >= 4 is 17.5 Å². The molecule has 0 atom stereocenters. The normalized spacial score (nSPS) is 22.3. The topological polar surface area (TPSA) is 49.4 Å². The number of nitrogens with one attached hydrogen (secondary N) is 1. The van der Waals surface area contributed by atoms with Gasteiger partial charge in [0.05, 0.1) is 6.42 Å². The minimum atomic E-state index is 0.0769. The van der Waals surface area contributed by atoms with Crippen LogP contribution in [-0.4, -0.2) is 24.4 Å². The molecule has 0 bridgehead atoms. The van der Waals surface area contributed by atoms with E-state index in [9.17, 15) is 9.59 Å². The van der Waals surface area contributed by atoms with E-state index in [2.05, 4.69) is 35.6 Å². The Bertz CT molecular complexity index is 826. The van der Waals surface area contributed by atoms with Crippen molar-refractivity contribution in [2.45, 2.75) is 56.9 Å². The third-order valence-corrected chi connectivity index (χ3v) is 6.02. The molecule has 0 unspecified atom stereocenters. The molecule has 4 heteroatoms. The van der Waals surface area contributed by atoms with Gasteiger partial charge in [0.2, 0.25) is 11.8 Å². The summed E-state index contributed by atoms with van der Waals surface area (Å²) >= 11 is 0. The fourth-order valence-electron chi connectivity index (χ4n) is 4.52. The summed E-state index contributed by atoms with van der Waals surface area (Å²) in [6.07, 6.45) is 6.23. The minimum absolute atomic E-state index is 0.0769. The second-order valence-electron chi connectivity index (χ2n) is 8.02. The predicted molar refractivity (Wildman–Crippen MR) is 111 cm³/mol. The van der Waals surface area contributed by atoms with E-state index in [-0.39, 0.29) is 17.9 Å². The monoisotopic (exact) mass is 376 g/mol. The minimum Gasteiger partial charge on any atom is -0.353 e. The Morgan fingerprint density at radius 1 is 1.00 bits per heavy atom. The van der Waals surface area contributed by atoms with Gasteiger partial charge in [-0.3, -0.25) is 9.59 Å². The molecule has 2 aliphatic rings. The van der Waals surface area contributed by atoms with Crippen molar-refractivity contribution in [1.29, 1.82) is 0 Å². The van der Waals surface area contributed by atoms with Crippen molar-refractivity contribution in [2.75, 3.05) is 11.4 Å². The Hall–Kier alpha value is -2.62. The third kappa shape index (κ3) is 4.44. The van der Waals surface area contributed by atoms with Gasteiger partial charge in [0, 0.05) is 24.7 Å². The highest BCUT2D eigenvalue weighted by Gasteiger charge is 2.24. The Balaban J connectivity index is 1.29. The van der Waals surface area contributed by atoms with Crippen LogP contribution in [0.2, 0.25) is 0 Å². The molecule has 28 heavy (non-hydrogen) atoms. The van der Waals surface area contributed by atoms with Gasteiger partial charge in [0.1, 0.15) is 0 Å². The summed E-state index contributed by atoms with van der Waals surface area (Å²) in [5.41, 5.74) is 3.30. The third-order valence-electron chi connectivity index (χ3n) is 6.02. The van der Waals surface area contributed by atoms with Crippen molar-refractivity contribution in [3.8, 4) is 0 Å². The summed E-state index contributed by atoms with van der Waals surface area (Å²) in [5, 5.41) is 3.22. The summed E-state index contributed by atoms with van der Waals surface area (Å²) in [4.78, 5) is 26.3. The number of carbonyl (C=O) groups excluding carboxylic acids is 2. The van der Waals surface area contributed by atoms with Gasteiger partial charge in [0.25, 0.3) is 0 Å². The van der Waals surface area contributed by atoms with Gasteiger partial charge in [-0.05, 0) is 61.3 Å². The second-order valence-corrected chi connectivity index (χ2v) is 8.02. The molecule has 0 aromatic heterocycles. The summed E-state index contributed by atoms with van der Waals surface area (Å²) < 4.78 is 0. The molecule has 1 heterocycles. The number of nitrogens with zero attached hydrogens (tertiary/aromatic N) is 1. The van der Waals surface area contributed by atoms with Gasteiger partial charge in [-0.25, -0.2) is 0 Å². The molecule has 4 nitrogen and oxygen atoms in total. The lowest BCUT2D eigenvalue weighted by molar-refractivity contribution is -0.121. The van der Waals surface area contributed by atoms with E-state index in [1.807, 2.05) is 29.2 Å². The second kappa shape index (κ2) is 8.59. The quantitative estimate of drug-likeness (QED) is 0.850. The average Bonchev–Trinajstić information content (AvgIpc) is 3.15. The average molecular weight is 377 g/mol. The van der Waals surface area contributed by atoms with Crippen LogP contribution in [-0.2, 0) is 16.0 Å². The van der Waals surface area contributed by atoms with E-state index in [4.69, 9.17) is 0 Å². The number of hydrogen-bond acceptors (Lipinski definition) is 2. The first-order valence-corrected chi connectivity index (χ1v) is 10.4. The molecule has 0 radical (unpaired) electrons. The fourth-order valence-corrected chi connectivity index (χ4v) is 4.52. The molecule has 1 aliphatic heterocycles. The molecule has 0 spiro atoms. The van der Waals surface area contributed by atoms with Crippen LogP contribution in [0, 0.1) is 0 Å². The maximum Gasteiger partial charge on any atom is 0.227 e. The van der Waals surface area contributed by atoms with Crippen molar-refractivity contribution < 1.29 is 9.59 Å². The SMILES string of the molecule is O=C(Cc1cccc(N2CCCC2=O)c1)NC1CCC(c2ccccc2)CC1. The van der Waals surface area contributed by atoms with Crippen LogP contribution in [0.5, 0.6) is 0 Å². The molecule has 2 aromatic carbocycles. The van der Waals surface area contributed by atoms with E-state index >= 15 is 0 Å². The number of hydrogen-bond donors (Lipinski definition) is 1. The standard InChI is InChI=1S/C24H28N2O2/c27-23(17-18-6-4-9-22(16-18)26-15-5-10-24(26)28)25-21-13-11-20(12-14-21)19-7-2-1-3-8-19/h1-4,6-9,16,20-21H,5,10-15,17H2,(H,25,27). The highest BCUT2D eigenvalue weighted by molar-refractivity contribution is 5.95. The number of benzene rings is 2. The summed E-state index contributed by atoms with van der Waals surface area (Å²) in [6.45, 7) is 0.777. The molecule has 1 N–H and O–H groups in total. The van der Waals surface area contributed by atoms with E-state index in [0.29, 0.717) is 18.8 Å². The molecule has 1 aliphatic carbocycles. The van der Waals surface area contributed by atoms with Gasteiger partial charge in [-0.1, -0.05) is 42.5 Å². The van der Waals surface area contributed by atoms with E-state index in [0.717, 1.165) is 49.9 Å².